The molecule has 7 nitrogen and oxygen atoms in total. The van der Waals surface area contributed by atoms with Gasteiger partial charge >= 0.3 is 6.09 Å². The van der Waals surface area contributed by atoms with Gasteiger partial charge in [0.05, 0.1) is 6.04 Å². The molecule has 0 aromatic heterocycles. The number of hydrogen-bond acceptors (Lipinski definition) is 5. The van der Waals surface area contributed by atoms with E-state index in [-0.39, 0.29) is 49.3 Å². The Bertz CT molecular complexity index is 408. The van der Waals surface area contributed by atoms with Crippen LogP contribution in [0.5, 0.6) is 0 Å². The van der Waals surface area contributed by atoms with Crippen molar-refractivity contribution in [3.63, 3.8) is 0 Å². The number of carbonyl (C=O) groups is 2. The second-order valence-corrected chi connectivity index (χ2v) is 6.37. The Hall–Kier alpha value is -1.66. The first-order chi connectivity index (χ1) is 9.72. The van der Waals surface area contributed by atoms with Gasteiger partial charge in [-0.1, -0.05) is 27.7 Å². The third-order valence-corrected chi connectivity index (χ3v) is 3.62. The first-order valence-corrected chi connectivity index (χ1v) is 7.33. The van der Waals surface area contributed by atoms with E-state index in [9.17, 15) is 19.7 Å². The number of carbonyl (C=O) groups excluding carboxylic acids is 2. The summed E-state index contributed by atoms with van der Waals surface area (Å²) in [6.07, 6.45) is -0.0394. The highest BCUT2D eigenvalue weighted by atomic mass is 16.6. The van der Waals surface area contributed by atoms with Gasteiger partial charge in [0.15, 0.2) is 0 Å². The molecule has 0 N–H and O–H groups in total. The summed E-state index contributed by atoms with van der Waals surface area (Å²) < 4.78 is 4.94. The van der Waals surface area contributed by atoms with Crippen molar-refractivity contribution < 1.29 is 19.2 Å². The third kappa shape index (κ3) is 4.99. The predicted molar refractivity (Wildman–Crippen MR) is 76.2 cm³/mol. The fourth-order valence-electron chi connectivity index (χ4n) is 2.66. The number of amides is 2. The fraction of sp³-hybridized carbons (Fsp3) is 0.857. The van der Waals surface area contributed by atoms with E-state index < -0.39 is 11.0 Å². The van der Waals surface area contributed by atoms with Crippen LogP contribution in [0.2, 0.25) is 0 Å². The second-order valence-electron chi connectivity index (χ2n) is 6.37. The van der Waals surface area contributed by atoms with Crippen molar-refractivity contribution >= 4 is 12.0 Å². The number of rotatable bonds is 7. The van der Waals surface area contributed by atoms with Gasteiger partial charge in [-0.05, 0) is 18.3 Å². The van der Waals surface area contributed by atoms with Crippen molar-refractivity contribution in [3.8, 4) is 0 Å². The number of ether oxygens (including phenoxy) is 1. The lowest BCUT2D eigenvalue weighted by Crippen LogP contribution is -2.43. The maximum Gasteiger partial charge on any atom is 0.416 e. The Labute approximate surface area is 124 Å². The Kier molecular flexibility index (Phi) is 6.11. The van der Waals surface area contributed by atoms with Gasteiger partial charge in [-0.2, -0.15) is 0 Å². The first kappa shape index (κ1) is 17.4. The van der Waals surface area contributed by atoms with Gasteiger partial charge in [0, 0.05) is 17.3 Å². The first-order valence-electron chi connectivity index (χ1n) is 7.33. The molecule has 0 unspecified atom stereocenters. The van der Waals surface area contributed by atoms with Gasteiger partial charge in [-0.3, -0.25) is 14.9 Å². The molecule has 120 valence electrons. The summed E-state index contributed by atoms with van der Waals surface area (Å²) in [6, 6.07) is -0.277. The van der Waals surface area contributed by atoms with E-state index in [1.54, 1.807) is 0 Å². The fourth-order valence-corrected chi connectivity index (χ4v) is 2.66. The molecule has 1 fully saturated rings. The van der Waals surface area contributed by atoms with Crippen LogP contribution in [0.1, 0.15) is 40.5 Å². The molecule has 0 aliphatic carbocycles. The molecule has 1 rings (SSSR count). The quantitative estimate of drug-likeness (QED) is 0.531. The van der Waals surface area contributed by atoms with Gasteiger partial charge in [-0.25, -0.2) is 9.69 Å². The highest BCUT2D eigenvalue weighted by Crippen LogP contribution is 2.24. The van der Waals surface area contributed by atoms with Crippen LogP contribution in [0.15, 0.2) is 0 Å². The Morgan fingerprint density at radius 3 is 2.52 bits per heavy atom. The summed E-state index contributed by atoms with van der Waals surface area (Å²) in [4.78, 5) is 35.5. The molecule has 21 heavy (non-hydrogen) atoms. The number of nitrogens with zero attached hydrogens (tertiary/aromatic N) is 2. The summed E-state index contributed by atoms with van der Waals surface area (Å²) in [5.74, 6) is -0.369. The summed E-state index contributed by atoms with van der Waals surface area (Å²) >= 11 is 0. The normalized spacial score (nSPS) is 20.0. The molecule has 0 saturated carbocycles. The molecule has 1 aliphatic heterocycles. The molecule has 1 heterocycles. The minimum absolute atomic E-state index is 0.0114. The van der Waals surface area contributed by atoms with Crippen molar-refractivity contribution in [1.29, 1.82) is 0 Å². The van der Waals surface area contributed by atoms with Crippen LogP contribution in [0, 0.1) is 27.9 Å². The van der Waals surface area contributed by atoms with Gasteiger partial charge < -0.3 is 4.74 Å². The number of hydrogen-bond donors (Lipinski definition) is 0. The van der Waals surface area contributed by atoms with Crippen LogP contribution >= 0.6 is 0 Å². The second kappa shape index (κ2) is 7.38. The summed E-state index contributed by atoms with van der Waals surface area (Å²) in [5.41, 5.74) is 0. The van der Waals surface area contributed by atoms with Gasteiger partial charge in [0.25, 0.3) is 0 Å². The lowest BCUT2D eigenvalue weighted by molar-refractivity contribution is -0.488. The van der Waals surface area contributed by atoms with Crippen molar-refractivity contribution in [2.75, 3.05) is 13.2 Å². The van der Waals surface area contributed by atoms with Gasteiger partial charge in [0.2, 0.25) is 12.5 Å². The minimum atomic E-state index is -0.636. The van der Waals surface area contributed by atoms with E-state index in [0.717, 1.165) is 4.90 Å². The predicted octanol–water partition coefficient (Wildman–Crippen LogP) is 2.32. The lowest BCUT2D eigenvalue weighted by atomic mass is 9.93. The van der Waals surface area contributed by atoms with Crippen LogP contribution < -0.4 is 0 Å². The maximum atomic E-state index is 12.3. The standard InChI is InChI=1S/C14H24N2O5/c1-9(2)5-11(7-15(19)20)6-13(17)16-12(10(3)4)8-21-14(16)18/h9-12H,5-8H2,1-4H3/t11-,12-/m0/s1. The molecule has 2 amide bonds. The number of imide groups is 1. The lowest BCUT2D eigenvalue weighted by Gasteiger charge is -2.24. The van der Waals surface area contributed by atoms with Gasteiger partial charge in [-0.15, -0.1) is 0 Å². The molecule has 0 bridgehead atoms. The van der Waals surface area contributed by atoms with E-state index in [1.165, 1.54) is 0 Å². The Balaban J connectivity index is 2.75. The van der Waals surface area contributed by atoms with Crippen molar-refractivity contribution in [3.05, 3.63) is 10.1 Å². The van der Waals surface area contributed by atoms with E-state index in [2.05, 4.69) is 0 Å². The Morgan fingerprint density at radius 1 is 1.43 bits per heavy atom. The molecule has 0 aromatic rings. The van der Waals surface area contributed by atoms with Crippen molar-refractivity contribution in [2.24, 2.45) is 17.8 Å². The molecular weight excluding hydrogens is 276 g/mol. The zero-order valence-electron chi connectivity index (χ0n) is 13.1. The monoisotopic (exact) mass is 300 g/mol. The highest BCUT2D eigenvalue weighted by Gasteiger charge is 2.40. The van der Waals surface area contributed by atoms with Crippen LogP contribution in [-0.2, 0) is 9.53 Å². The molecule has 0 spiro atoms. The number of cyclic esters (lactones) is 1. The minimum Gasteiger partial charge on any atom is -0.447 e. The molecule has 1 aliphatic rings. The van der Waals surface area contributed by atoms with E-state index in [4.69, 9.17) is 4.74 Å². The summed E-state index contributed by atoms with van der Waals surface area (Å²) in [5, 5.41) is 10.7. The van der Waals surface area contributed by atoms with Crippen LogP contribution in [0.3, 0.4) is 0 Å². The average Bonchev–Trinajstić information content (AvgIpc) is 2.69. The molecule has 0 radical (unpaired) electrons. The summed E-state index contributed by atoms with van der Waals surface area (Å²) in [7, 11) is 0. The van der Waals surface area contributed by atoms with Crippen LogP contribution in [-0.4, -0.2) is 41.0 Å². The number of nitro groups is 1. The molecule has 2 atom stereocenters. The SMILES string of the molecule is CC(C)C[C@@H](CC(=O)N1C(=O)OC[C@H]1C(C)C)C[N+](=O)[O-]. The van der Waals surface area contributed by atoms with Crippen LogP contribution in [0.4, 0.5) is 4.79 Å². The Morgan fingerprint density at radius 2 is 2.05 bits per heavy atom. The van der Waals surface area contributed by atoms with E-state index in [0.29, 0.717) is 6.42 Å². The zero-order valence-corrected chi connectivity index (χ0v) is 13.1. The zero-order chi connectivity index (χ0) is 16.2. The third-order valence-electron chi connectivity index (χ3n) is 3.62. The topological polar surface area (TPSA) is 89.8 Å². The molecule has 1 saturated heterocycles. The maximum absolute atomic E-state index is 12.3. The van der Waals surface area contributed by atoms with Crippen LogP contribution in [0.25, 0.3) is 0 Å². The smallest absolute Gasteiger partial charge is 0.416 e. The van der Waals surface area contributed by atoms with Crippen molar-refractivity contribution in [1.82, 2.24) is 4.90 Å². The van der Waals surface area contributed by atoms with E-state index in [1.807, 2.05) is 27.7 Å². The molecule has 0 aromatic carbocycles. The van der Waals surface area contributed by atoms with Crippen molar-refractivity contribution in [2.45, 2.75) is 46.6 Å². The molecular formula is C14H24N2O5. The largest absolute Gasteiger partial charge is 0.447 e. The highest BCUT2D eigenvalue weighted by molar-refractivity contribution is 5.93. The molecule has 7 heteroatoms. The summed E-state index contributed by atoms with van der Waals surface area (Å²) in [6.45, 7) is 7.69. The average molecular weight is 300 g/mol. The van der Waals surface area contributed by atoms with E-state index >= 15 is 0 Å². The van der Waals surface area contributed by atoms with Gasteiger partial charge in [0.1, 0.15) is 6.61 Å².